The van der Waals surface area contributed by atoms with E-state index in [-0.39, 0.29) is 18.6 Å². The molecule has 2 rings (SSSR count). The lowest BCUT2D eigenvalue weighted by molar-refractivity contribution is -0.143. The Labute approximate surface area is 127 Å². The summed E-state index contributed by atoms with van der Waals surface area (Å²) in [5.41, 5.74) is 2.59. The number of carbonyl (C=O) groups is 1. The van der Waals surface area contributed by atoms with Crippen molar-refractivity contribution in [3.63, 3.8) is 0 Å². The lowest BCUT2D eigenvalue weighted by atomic mass is 10.0. The quantitative estimate of drug-likeness (QED) is 0.836. The van der Waals surface area contributed by atoms with Crippen molar-refractivity contribution in [2.75, 3.05) is 32.8 Å². The molecule has 0 aromatic heterocycles. The summed E-state index contributed by atoms with van der Waals surface area (Å²) in [5.74, 6) is 0.0923. The topological polar surface area (TPSA) is 41.6 Å². The second kappa shape index (κ2) is 8.15. The summed E-state index contributed by atoms with van der Waals surface area (Å²) in [5, 5.41) is 3.56. The van der Waals surface area contributed by atoms with Crippen molar-refractivity contribution in [3.05, 3.63) is 35.4 Å². The largest absolute Gasteiger partial charge is 0.370 e. The number of hydrogen-bond donors (Lipinski definition) is 1. The molecule has 1 fully saturated rings. The number of carbonyl (C=O) groups excluding carboxylic acids is 1. The average Bonchev–Trinajstić information content (AvgIpc) is 2.53. The van der Waals surface area contributed by atoms with Gasteiger partial charge in [0.25, 0.3) is 0 Å². The number of amides is 1. The number of nitrogens with one attached hydrogen (secondary N) is 1. The van der Waals surface area contributed by atoms with E-state index in [1.165, 1.54) is 11.1 Å². The number of benzene rings is 1. The van der Waals surface area contributed by atoms with Crippen molar-refractivity contribution in [2.45, 2.75) is 32.7 Å². The summed E-state index contributed by atoms with van der Waals surface area (Å²) in [6.45, 7) is 7.54. The summed E-state index contributed by atoms with van der Waals surface area (Å²) in [6.07, 6.45) is 2.13. The van der Waals surface area contributed by atoms with Crippen LogP contribution in [0.5, 0.6) is 0 Å². The van der Waals surface area contributed by atoms with Crippen LogP contribution in [0.3, 0.4) is 0 Å². The second-order valence-corrected chi connectivity index (χ2v) is 5.49. The summed E-state index contributed by atoms with van der Waals surface area (Å²) < 4.78 is 5.20. The van der Waals surface area contributed by atoms with Crippen LogP contribution in [-0.4, -0.2) is 43.7 Å². The van der Waals surface area contributed by atoms with Crippen LogP contribution in [0.4, 0.5) is 0 Å². The van der Waals surface area contributed by atoms with Gasteiger partial charge in [0.2, 0.25) is 5.91 Å². The molecule has 1 heterocycles. The summed E-state index contributed by atoms with van der Waals surface area (Å²) in [7, 11) is 0. The minimum Gasteiger partial charge on any atom is -0.370 e. The molecule has 1 aromatic carbocycles. The van der Waals surface area contributed by atoms with E-state index in [0.717, 1.165) is 19.4 Å². The van der Waals surface area contributed by atoms with E-state index in [4.69, 9.17) is 4.74 Å². The Balaban J connectivity index is 2.06. The van der Waals surface area contributed by atoms with Gasteiger partial charge in [-0.1, -0.05) is 38.1 Å². The van der Waals surface area contributed by atoms with Gasteiger partial charge in [-0.3, -0.25) is 4.79 Å². The van der Waals surface area contributed by atoms with Gasteiger partial charge < -0.3 is 15.0 Å². The van der Waals surface area contributed by atoms with E-state index in [1.807, 2.05) is 4.90 Å². The van der Waals surface area contributed by atoms with E-state index in [2.05, 4.69) is 43.4 Å². The standard InChI is InChI=1S/C17H26N2O2/c1-3-9-18-16(12-19-10-11-21-13-17(19)20)15-7-5-14(4-2)6-8-15/h5-8,16,18H,3-4,9-13H2,1-2H3. The number of aryl methyl sites for hydroxylation is 1. The van der Waals surface area contributed by atoms with Gasteiger partial charge in [0.1, 0.15) is 6.61 Å². The molecule has 1 saturated heterocycles. The van der Waals surface area contributed by atoms with Crippen molar-refractivity contribution in [1.82, 2.24) is 10.2 Å². The van der Waals surface area contributed by atoms with Gasteiger partial charge >= 0.3 is 0 Å². The molecule has 1 atom stereocenters. The monoisotopic (exact) mass is 290 g/mol. The third-order valence-corrected chi connectivity index (χ3v) is 3.92. The SMILES string of the molecule is CCCNC(CN1CCOCC1=O)c1ccc(CC)cc1. The second-order valence-electron chi connectivity index (χ2n) is 5.49. The lowest BCUT2D eigenvalue weighted by Gasteiger charge is -2.31. The van der Waals surface area contributed by atoms with Crippen molar-refractivity contribution in [2.24, 2.45) is 0 Å². The van der Waals surface area contributed by atoms with Crippen LogP contribution >= 0.6 is 0 Å². The number of rotatable bonds is 7. The van der Waals surface area contributed by atoms with Crippen molar-refractivity contribution in [3.8, 4) is 0 Å². The molecular weight excluding hydrogens is 264 g/mol. The van der Waals surface area contributed by atoms with Crippen molar-refractivity contribution in [1.29, 1.82) is 0 Å². The van der Waals surface area contributed by atoms with Gasteiger partial charge in [0, 0.05) is 19.1 Å². The number of morpholine rings is 1. The Morgan fingerprint density at radius 2 is 2.05 bits per heavy atom. The predicted octanol–water partition coefficient (Wildman–Crippen LogP) is 2.15. The van der Waals surface area contributed by atoms with Gasteiger partial charge in [0.15, 0.2) is 0 Å². The first-order valence-electron chi connectivity index (χ1n) is 7.92. The molecule has 0 radical (unpaired) electrons. The molecule has 1 unspecified atom stereocenters. The van der Waals surface area contributed by atoms with E-state index >= 15 is 0 Å². The van der Waals surface area contributed by atoms with Gasteiger partial charge in [-0.05, 0) is 30.5 Å². The molecule has 4 heteroatoms. The summed E-state index contributed by atoms with van der Waals surface area (Å²) >= 11 is 0. The van der Waals surface area contributed by atoms with Gasteiger partial charge in [-0.2, -0.15) is 0 Å². The molecule has 4 nitrogen and oxygen atoms in total. The Hall–Kier alpha value is -1.39. The normalized spacial score (nSPS) is 17.0. The minimum atomic E-state index is 0.0923. The van der Waals surface area contributed by atoms with Gasteiger partial charge in [0.05, 0.1) is 6.61 Å². The molecule has 1 amide bonds. The zero-order chi connectivity index (χ0) is 15.1. The van der Waals surface area contributed by atoms with E-state index in [9.17, 15) is 4.79 Å². The molecule has 0 saturated carbocycles. The Bertz CT molecular complexity index is 445. The highest BCUT2D eigenvalue weighted by Gasteiger charge is 2.22. The minimum absolute atomic E-state index is 0.0923. The third-order valence-electron chi connectivity index (χ3n) is 3.92. The van der Waals surface area contributed by atoms with E-state index in [0.29, 0.717) is 19.7 Å². The smallest absolute Gasteiger partial charge is 0.248 e. The first-order chi connectivity index (χ1) is 10.2. The molecule has 1 aromatic rings. The fourth-order valence-electron chi connectivity index (χ4n) is 2.56. The number of nitrogens with zero attached hydrogens (tertiary/aromatic N) is 1. The third kappa shape index (κ3) is 4.55. The van der Waals surface area contributed by atoms with Crippen LogP contribution in [-0.2, 0) is 16.0 Å². The fraction of sp³-hybridized carbons (Fsp3) is 0.588. The Morgan fingerprint density at radius 3 is 2.67 bits per heavy atom. The molecule has 21 heavy (non-hydrogen) atoms. The predicted molar refractivity (Wildman–Crippen MR) is 84.3 cm³/mol. The molecule has 1 aliphatic heterocycles. The van der Waals surface area contributed by atoms with E-state index in [1.54, 1.807) is 0 Å². The van der Waals surface area contributed by atoms with Crippen LogP contribution in [0.15, 0.2) is 24.3 Å². The van der Waals surface area contributed by atoms with Crippen LogP contribution in [0, 0.1) is 0 Å². The maximum atomic E-state index is 11.9. The lowest BCUT2D eigenvalue weighted by Crippen LogP contribution is -2.45. The van der Waals surface area contributed by atoms with Crippen LogP contribution in [0.1, 0.15) is 37.4 Å². The molecule has 116 valence electrons. The Morgan fingerprint density at radius 1 is 1.29 bits per heavy atom. The summed E-state index contributed by atoms with van der Waals surface area (Å²) in [6, 6.07) is 8.90. The van der Waals surface area contributed by atoms with Crippen LogP contribution in [0.2, 0.25) is 0 Å². The summed E-state index contributed by atoms with van der Waals surface area (Å²) in [4.78, 5) is 13.8. The number of ether oxygens (including phenoxy) is 1. The molecule has 1 N–H and O–H groups in total. The maximum absolute atomic E-state index is 11.9. The zero-order valence-electron chi connectivity index (χ0n) is 13.1. The number of hydrogen-bond acceptors (Lipinski definition) is 3. The van der Waals surface area contributed by atoms with Crippen LogP contribution in [0.25, 0.3) is 0 Å². The molecule has 1 aliphatic rings. The molecular formula is C17H26N2O2. The first kappa shape index (κ1) is 16.0. The van der Waals surface area contributed by atoms with Gasteiger partial charge in [-0.25, -0.2) is 0 Å². The van der Waals surface area contributed by atoms with Crippen molar-refractivity contribution < 1.29 is 9.53 Å². The molecule has 0 bridgehead atoms. The highest BCUT2D eigenvalue weighted by atomic mass is 16.5. The van der Waals surface area contributed by atoms with Crippen LogP contribution < -0.4 is 5.32 Å². The molecule has 0 spiro atoms. The average molecular weight is 290 g/mol. The maximum Gasteiger partial charge on any atom is 0.248 e. The van der Waals surface area contributed by atoms with E-state index < -0.39 is 0 Å². The Kier molecular flexibility index (Phi) is 6.21. The zero-order valence-corrected chi connectivity index (χ0v) is 13.1. The fourth-order valence-corrected chi connectivity index (χ4v) is 2.56. The highest BCUT2D eigenvalue weighted by Crippen LogP contribution is 2.17. The van der Waals surface area contributed by atoms with Crippen molar-refractivity contribution >= 4 is 5.91 Å². The first-order valence-corrected chi connectivity index (χ1v) is 7.92. The van der Waals surface area contributed by atoms with Gasteiger partial charge in [-0.15, -0.1) is 0 Å². The molecule has 0 aliphatic carbocycles. The highest BCUT2D eigenvalue weighted by molar-refractivity contribution is 5.78.